The van der Waals surface area contributed by atoms with Crippen LogP contribution in [0.15, 0.2) is 53.9 Å². The van der Waals surface area contributed by atoms with E-state index in [1.54, 1.807) is 30.3 Å². The highest BCUT2D eigenvalue weighted by Gasteiger charge is 2.19. The van der Waals surface area contributed by atoms with E-state index >= 15 is 0 Å². The molecule has 0 atom stereocenters. The largest absolute Gasteiger partial charge is 0.503 e. The van der Waals surface area contributed by atoms with Gasteiger partial charge in [0.2, 0.25) is 0 Å². The number of halogens is 2. The van der Waals surface area contributed by atoms with Crippen LogP contribution in [0, 0.1) is 5.82 Å². The Labute approximate surface area is 179 Å². The molecule has 8 heteroatoms. The van der Waals surface area contributed by atoms with E-state index in [0.29, 0.717) is 34.0 Å². The maximum absolute atomic E-state index is 13.2. The molecular formula is C22H23ClFNO5. The fourth-order valence-corrected chi connectivity index (χ4v) is 2.81. The molecule has 0 amide bonds. The lowest BCUT2D eigenvalue weighted by Crippen LogP contribution is -2.12. The zero-order valence-electron chi connectivity index (χ0n) is 17.0. The van der Waals surface area contributed by atoms with Crippen molar-refractivity contribution >= 4 is 28.9 Å². The van der Waals surface area contributed by atoms with Crippen LogP contribution in [-0.2, 0) is 30.4 Å². The van der Waals surface area contributed by atoms with Crippen molar-refractivity contribution < 1.29 is 28.2 Å². The van der Waals surface area contributed by atoms with Crippen LogP contribution in [0.4, 0.5) is 4.39 Å². The minimum absolute atomic E-state index is 0.0239. The fourth-order valence-electron chi connectivity index (χ4n) is 2.59. The molecule has 0 bridgehead atoms. The first kappa shape index (κ1) is 23.4. The molecular weight excluding hydrogens is 413 g/mol. The zero-order valence-corrected chi connectivity index (χ0v) is 17.7. The lowest BCUT2D eigenvalue weighted by molar-refractivity contribution is -0.133. The Bertz CT molecular complexity index is 912. The average molecular weight is 436 g/mol. The van der Waals surface area contributed by atoms with Gasteiger partial charge in [0.1, 0.15) is 23.7 Å². The minimum atomic E-state index is -0.577. The lowest BCUT2D eigenvalue weighted by Gasteiger charge is -2.13. The van der Waals surface area contributed by atoms with E-state index < -0.39 is 5.97 Å². The molecule has 0 heterocycles. The van der Waals surface area contributed by atoms with Gasteiger partial charge in [-0.15, -0.1) is 0 Å². The Kier molecular flexibility index (Phi) is 9.31. The molecule has 0 aromatic heterocycles. The normalized spacial score (nSPS) is 11.9. The van der Waals surface area contributed by atoms with Crippen LogP contribution in [0.2, 0.25) is 5.02 Å². The van der Waals surface area contributed by atoms with E-state index in [1.165, 1.54) is 32.6 Å². The first-order valence-electron chi connectivity index (χ1n) is 9.13. The van der Waals surface area contributed by atoms with E-state index in [0.717, 1.165) is 0 Å². The van der Waals surface area contributed by atoms with Gasteiger partial charge in [-0.05, 0) is 25.1 Å². The summed E-state index contributed by atoms with van der Waals surface area (Å²) < 4.78 is 28.5. The smallest absolute Gasteiger partial charge is 0.341 e. The molecule has 0 saturated heterocycles. The summed E-state index contributed by atoms with van der Waals surface area (Å²) in [5, 5.41) is 4.54. The molecule has 0 saturated carbocycles. The summed E-state index contributed by atoms with van der Waals surface area (Å²) in [4.78, 5) is 17.7. The first-order valence-corrected chi connectivity index (χ1v) is 9.51. The third kappa shape index (κ3) is 6.30. The maximum Gasteiger partial charge on any atom is 0.341 e. The number of carbonyl (C=O) groups is 1. The van der Waals surface area contributed by atoms with Crippen LogP contribution >= 0.6 is 11.6 Å². The predicted molar refractivity (Wildman–Crippen MR) is 113 cm³/mol. The van der Waals surface area contributed by atoms with Crippen LogP contribution in [0.1, 0.15) is 23.6 Å². The van der Waals surface area contributed by atoms with Gasteiger partial charge < -0.3 is 19.0 Å². The third-order valence-electron chi connectivity index (χ3n) is 4.05. The standard InChI is InChI=1S/C22H23ClFNO5/c1-4-29-14-21(15-8-10-16(24)11-9-15)25-30-13-18-17(6-5-7-20(18)23)19(12-27-2)22(26)28-3/h5-12H,4,13-14H2,1-3H3/b19-12+,25-21+. The van der Waals surface area contributed by atoms with Crippen molar-refractivity contribution in [1.82, 2.24) is 0 Å². The molecule has 2 aromatic rings. The van der Waals surface area contributed by atoms with Gasteiger partial charge >= 0.3 is 5.97 Å². The lowest BCUT2D eigenvalue weighted by atomic mass is 10.0. The van der Waals surface area contributed by atoms with E-state index in [2.05, 4.69) is 5.16 Å². The number of rotatable bonds is 10. The molecule has 0 radical (unpaired) electrons. The second kappa shape index (κ2) is 11.9. The number of oxime groups is 1. The number of methoxy groups -OCH3 is 2. The first-order chi connectivity index (χ1) is 14.5. The van der Waals surface area contributed by atoms with Gasteiger partial charge in [0.25, 0.3) is 0 Å². The number of nitrogens with zero attached hydrogens (tertiary/aromatic N) is 1. The fraction of sp³-hybridized carbons (Fsp3) is 0.273. The summed E-state index contributed by atoms with van der Waals surface area (Å²) in [7, 11) is 2.70. The van der Waals surface area contributed by atoms with E-state index in [1.807, 2.05) is 6.92 Å². The third-order valence-corrected chi connectivity index (χ3v) is 4.41. The maximum atomic E-state index is 13.2. The Morgan fingerprint density at radius 1 is 1.17 bits per heavy atom. The number of hydrogen-bond donors (Lipinski definition) is 0. The van der Waals surface area contributed by atoms with Gasteiger partial charge in [-0.2, -0.15) is 0 Å². The van der Waals surface area contributed by atoms with Crippen LogP contribution in [-0.4, -0.2) is 39.1 Å². The highest BCUT2D eigenvalue weighted by molar-refractivity contribution is 6.32. The number of hydrogen-bond acceptors (Lipinski definition) is 6. The Balaban J connectivity index is 2.31. The predicted octanol–water partition coefficient (Wildman–Crippen LogP) is 4.60. The van der Waals surface area contributed by atoms with Crippen LogP contribution in [0.25, 0.3) is 5.57 Å². The highest BCUT2D eigenvalue weighted by Crippen LogP contribution is 2.28. The summed E-state index contributed by atoms with van der Waals surface area (Å²) in [5.41, 5.74) is 2.38. The van der Waals surface area contributed by atoms with Gasteiger partial charge in [-0.25, -0.2) is 9.18 Å². The molecule has 160 valence electrons. The van der Waals surface area contributed by atoms with Crippen molar-refractivity contribution in [1.29, 1.82) is 0 Å². The molecule has 2 rings (SSSR count). The van der Waals surface area contributed by atoms with Crippen LogP contribution < -0.4 is 0 Å². The zero-order chi connectivity index (χ0) is 21.9. The number of carbonyl (C=O) groups excluding carboxylic acids is 1. The molecule has 0 aliphatic rings. The second-order valence-corrected chi connectivity index (χ2v) is 6.39. The van der Waals surface area contributed by atoms with E-state index in [-0.39, 0.29) is 24.6 Å². The Morgan fingerprint density at radius 2 is 1.90 bits per heavy atom. The van der Waals surface area contributed by atoms with Crippen molar-refractivity contribution in [3.05, 3.63) is 76.3 Å². The number of esters is 1. The minimum Gasteiger partial charge on any atom is -0.503 e. The van der Waals surface area contributed by atoms with E-state index in [9.17, 15) is 9.18 Å². The van der Waals surface area contributed by atoms with Gasteiger partial charge in [-0.1, -0.05) is 41.0 Å². The van der Waals surface area contributed by atoms with Gasteiger partial charge in [-0.3, -0.25) is 0 Å². The number of ether oxygens (including phenoxy) is 3. The quantitative estimate of drug-likeness (QED) is 0.179. The SMILES string of the molecule is CCOC/C(=N\OCc1c(Cl)cccc1/C(=C\OC)C(=O)OC)c1ccc(F)cc1. The summed E-state index contributed by atoms with van der Waals surface area (Å²) >= 11 is 6.34. The molecule has 0 unspecified atom stereocenters. The Morgan fingerprint density at radius 3 is 2.53 bits per heavy atom. The van der Waals surface area contributed by atoms with Crippen molar-refractivity contribution in [2.45, 2.75) is 13.5 Å². The van der Waals surface area contributed by atoms with Crippen molar-refractivity contribution in [3.8, 4) is 0 Å². The topological polar surface area (TPSA) is 66.3 Å². The molecule has 0 spiro atoms. The molecule has 30 heavy (non-hydrogen) atoms. The van der Waals surface area contributed by atoms with E-state index in [4.69, 9.17) is 30.6 Å². The molecule has 0 N–H and O–H groups in total. The molecule has 0 fully saturated rings. The van der Waals surface area contributed by atoms with Gasteiger partial charge in [0.05, 0.1) is 27.1 Å². The van der Waals surface area contributed by atoms with Gasteiger partial charge in [0.15, 0.2) is 0 Å². The average Bonchev–Trinajstić information content (AvgIpc) is 2.75. The molecule has 2 aromatic carbocycles. The monoisotopic (exact) mass is 435 g/mol. The van der Waals surface area contributed by atoms with Gasteiger partial charge in [0, 0.05) is 28.3 Å². The second-order valence-electron chi connectivity index (χ2n) is 5.98. The number of benzene rings is 2. The molecule has 6 nitrogen and oxygen atoms in total. The van der Waals surface area contributed by atoms with Crippen LogP contribution in [0.5, 0.6) is 0 Å². The van der Waals surface area contributed by atoms with Crippen LogP contribution in [0.3, 0.4) is 0 Å². The summed E-state index contributed by atoms with van der Waals surface area (Å²) in [5.74, 6) is -0.927. The van der Waals surface area contributed by atoms with Crippen molar-refractivity contribution in [2.75, 3.05) is 27.4 Å². The molecule has 0 aliphatic carbocycles. The summed E-state index contributed by atoms with van der Waals surface area (Å²) in [6.07, 6.45) is 1.28. The summed E-state index contributed by atoms with van der Waals surface area (Å²) in [6, 6.07) is 10.9. The molecule has 0 aliphatic heterocycles. The van der Waals surface area contributed by atoms with Crippen molar-refractivity contribution in [3.63, 3.8) is 0 Å². The Hall–Kier alpha value is -2.90. The van der Waals surface area contributed by atoms with Crippen molar-refractivity contribution in [2.24, 2.45) is 5.16 Å². The summed E-state index contributed by atoms with van der Waals surface area (Å²) in [6.45, 7) is 2.51. The highest BCUT2D eigenvalue weighted by atomic mass is 35.5.